The van der Waals surface area contributed by atoms with Crippen molar-refractivity contribution in [2.75, 3.05) is 28.3 Å². The van der Waals surface area contributed by atoms with Gasteiger partial charge in [0.05, 0.1) is 18.9 Å². The van der Waals surface area contributed by atoms with E-state index >= 15 is 0 Å². The van der Waals surface area contributed by atoms with Crippen molar-refractivity contribution >= 4 is 11.8 Å². The Morgan fingerprint density at radius 1 is 1.53 bits per heavy atom. The van der Waals surface area contributed by atoms with Gasteiger partial charge in [-0.3, -0.25) is 4.79 Å². The van der Waals surface area contributed by atoms with Gasteiger partial charge in [-0.05, 0) is 0 Å². The van der Waals surface area contributed by atoms with Crippen molar-refractivity contribution in [3.05, 3.63) is 23.7 Å². The molecule has 0 aromatic heterocycles. The SMILES string of the molecule is COC(=O)/C=C1/C(=O)C=C(N(C)C)N1C. The zero-order valence-electron chi connectivity index (χ0n) is 9.27. The highest BCUT2D eigenvalue weighted by Gasteiger charge is 2.26. The van der Waals surface area contributed by atoms with Gasteiger partial charge in [-0.1, -0.05) is 0 Å². The number of hydrogen-bond acceptors (Lipinski definition) is 5. The molecular formula is C10H14N2O3. The number of allylic oxidation sites excluding steroid dienone is 1. The second kappa shape index (κ2) is 4.16. The summed E-state index contributed by atoms with van der Waals surface area (Å²) in [4.78, 5) is 26.0. The third-order valence-electron chi connectivity index (χ3n) is 2.13. The fraction of sp³-hybridized carbons (Fsp3) is 0.400. The molecule has 0 saturated carbocycles. The Morgan fingerprint density at radius 3 is 2.53 bits per heavy atom. The van der Waals surface area contributed by atoms with E-state index in [1.54, 1.807) is 16.8 Å². The summed E-state index contributed by atoms with van der Waals surface area (Å²) in [6.07, 6.45) is 2.67. The van der Waals surface area contributed by atoms with Gasteiger partial charge in [0.15, 0.2) is 0 Å². The molecule has 1 rings (SSSR count). The zero-order valence-corrected chi connectivity index (χ0v) is 9.27. The monoisotopic (exact) mass is 210 g/mol. The summed E-state index contributed by atoms with van der Waals surface area (Å²) >= 11 is 0. The number of nitrogens with zero attached hydrogens (tertiary/aromatic N) is 2. The molecule has 0 N–H and O–H groups in total. The van der Waals surface area contributed by atoms with Crippen molar-refractivity contribution in [3.63, 3.8) is 0 Å². The molecule has 82 valence electrons. The summed E-state index contributed by atoms with van der Waals surface area (Å²) < 4.78 is 4.47. The first-order valence-corrected chi connectivity index (χ1v) is 4.44. The van der Waals surface area contributed by atoms with E-state index in [9.17, 15) is 9.59 Å². The van der Waals surface area contributed by atoms with Crippen LogP contribution in [0.5, 0.6) is 0 Å². The largest absolute Gasteiger partial charge is 0.466 e. The highest BCUT2D eigenvalue weighted by atomic mass is 16.5. The van der Waals surface area contributed by atoms with Gasteiger partial charge in [0, 0.05) is 27.2 Å². The van der Waals surface area contributed by atoms with Gasteiger partial charge in [-0.15, -0.1) is 0 Å². The van der Waals surface area contributed by atoms with Gasteiger partial charge in [-0.25, -0.2) is 4.79 Å². The van der Waals surface area contributed by atoms with Crippen molar-refractivity contribution < 1.29 is 14.3 Å². The third kappa shape index (κ3) is 2.18. The van der Waals surface area contributed by atoms with Crippen molar-refractivity contribution in [2.24, 2.45) is 0 Å². The number of carbonyl (C=O) groups excluding carboxylic acids is 2. The average molecular weight is 210 g/mol. The van der Waals surface area contributed by atoms with Gasteiger partial charge in [0.2, 0.25) is 5.78 Å². The lowest BCUT2D eigenvalue weighted by Gasteiger charge is -2.23. The van der Waals surface area contributed by atoms with Crippen LogP contribution in [0.4, 0.5) is 0 Å². The molecule has 15 heavy (non-hydrogen) atoms. The van der Waals surface area contributed by atoms with Gasteiger partial charge in [0.1, 0.15) is 5.82 Å². The maximum atomic E-state index is 11.5. The highest BCUT2D eigenvalue weighted by molar-refractivity contribution is 6.09. The molecule has 1 aliphatic rings. The molecule has 0 radical (unpaired) electrons. The Hall–Kier alpha value is -1.78. The topological polar surface area (TPSA) is 49.9 Å². The van der Waals surface area contributed by atoms with Crippen LogP contribution in [0.15, 0.2) is 23.7 Å². The van der Waals surface area contributed by atoms with E-state index in [1.807, 2.05) is 14.1 Å². The van der Waals surface area contributed by atoms with Crippen molar-refractivity contribution in [3.8, 4) is 0 Å². The van der Waals surface area contributed by atoms with Crippen LogP contribution < -0.4 is 0 Å². The minimum Gasteiger partial charge on any atom is -0.466 e. The van der Waals surface area contributed by atoms with E-state index < -0.39 is 5.97 Å². The van der Waals surface area contributed by atoms with Crippen molar-refractivity contribution in [1.29, 1.82) is 0 Å². The number of carbonyl (C=O) groups is 2. The second-order valence-corrected chi connectivity index (χ2v) is 3.37. The van der Waals surface area contributed by atoms with E-state index in [1.165, 1.54) is 19.3 Å². The number of ketones is 1. The minimum atomic E-state index is -0.529. The quantitative estimate of drug-likeness (QED) is 0.473. The zero-order chi connectivity index (χ0) is 11.6. The predicted molar refractivity (Wildman–Crippen MR) is 54.6 cm³/mol. The Morgan fingerprint density at radius 2 is 2.13 bits per heavy atom. The van der Waals surface area contributed by atoms with Gasteiger partial charge >= 0.3 is 5.97 Å². The number of ether oxygens (including phenoxy) is 1. The van der Waals surface area contributed by atoms with E-state index in [2.05, 4.69) is 4.74 Å². The molecule has 0 saturated heterocycles. The maximum absolute atomic E-state index is 11.5. The standard InChI is InChI=1S/C10H14N2O3/c1-11(2)9-6-8(13)7(12(9)3)5-10(14)15-4/h5-6H,1-4H3/b7-5-. The van der Waals surface area contributed by atoms with E-state index in [-0.39, 0.29) is 5.78 Å². The van der Waals surface area contributed by atoms with Crippen LogP contribution in [-0.4, -0.2) is 49.8 Å². The molecule has 0 amide bonds. The molecule has 1 aliphatic heterocycles. The van der Waals surface area contributed by atoms with Crippen molar-refractivity contribution in [2.45, 2.75) is 0 Å². The van der Waals surface area contributed by atoms with Crippen LogP contribution in [0.2, 0.25) is 0 Å². The Labute approximate surface area is 88.6 Å². The maximum Gasteiger partial charge on any atom is 0.332 e. The van der Waals surface area contributed by atoms with Crippen LogP contribution in [0.25, 0.3) is 0 Å². The number of likely N-dealkylation sites (N-methyl/N-ethyl adjacent to an activating group) is 1. The van der Waals surface area contributed by atoms with Crippen molar-refractivity contribution in [1.82, 2.24) is 9.80 Å². The summed E-state index contributed by atoms with van der Waals surface area (Å²) in [7, 11) is 6.66. The highest BCUT2D eigenvalue weighted by Crippen LogP contribution is 2.21. The fourth-order valence-corrected chi connectivity index (χ4v) is 1.34. The summed E-state index contributed by atoms with van der Waals surface area (Å²) in [5, 5.41) is 0. The Kier molecular flexibility index (Phi) is 3.14. The normalized spacial score (nSPS) is 18.1. The molecule has 0 aromatic carbocycles. The summed E-state index contributed by atoms with van der Waals surface area (Å²) in [6, 6.07) is 0. The first-order valence-electron chi connectivity index (χ1n) is 4.44. The van der Waals surface area contributed by atoms with Gasteiger partial charge in [0.25, 0.3) is 0 Å². The van der Waals surface area contributed by atoms with E-state index in [0.29, 0.717) is 5.70 Å². The molecule has 0 fully saturated rings. The van der Waals surface area contributed by atoms with Crippen LogP contribution in [-0.2, 0) is 14.3 Å². The summed E-state index contributed by atoms with van der Waals surface area (Å²) in [5.41, 5.74) is 0.325. The van der Waals surface area contributed by atoms with E-state index in [0.717, 1.165) is 5.82 Å². The molecule has 0 unspecified atom stereocenters. The first-order chi connectivity index (χ1) is 6.97. The molecule has 0 aromatic rings. The lowest BCUT2D eigenvalue weighted by molar-refractivity contribution is -0.135. The number of esters is 1. The molecule has 5 heteroatoms. The fourth-order valence-electron chi connectivity index (χ4n) is 1.34. The molecule has 1 heterocycles. The smallest absolute Gasteiger partial charge is 0.332 e. The molecule has 5 nitrogen and oxygen atoms in total. The lowest BCUT2D eigenvalue weighted by Crippen LogP contribution is -2.24. The minimum absolute atomic E-state index is 0.188. The number of methoxy groups -OCH3 is 1. The third-order valence-corrected chi connectivity index (χ3v) is 2.13. The van der Waals surface area contributed by atoms with Crippen LogP contribution in [0, 0.1) is 0 Å². The average Bonchev–Trinajstić information content (AvgIpc) is 2.45. The van der Waals surface area contributed by atoms with Crippen LogP contribution in [0.1, 0.15) is 0 Å². The Balaban J connectivity index is 2.95. The van der Waals surface area contributed by atoms with Gasteiger partial charge < -0.3 is 14.5 Å². The second-order valence-electron chi connectivity index (χ2n) is 3.37. The number of hydrogen-bond donors (Lipinski definition) is 0. The summed E-state index contributed by atoms with van der Waals surface area (Å²) in [6.45, 7) is 0. The first kappa shape index (κ1) is 11.3. The number of rotatable bonds is 2. The van der Waals surface area contributed by atoms with E-state index in [4.69, 9.17) is 0 Å². The Bertz CT molecular complexity index is 356. The molecular weight excluding hydrogens is 196 g/mol. The van der Waals surface area contributed by atoms with Crippen LogP contribution in [0.3, 0.4) is 0 Å². The van der Waals surface area contributed by atoms with Gasteiger partial charge in [-0.2, -0.15) is 0 Å². The van der Waals surface area contributed by atoms with Crippen LogP contribution >= 0.6 is 0 Å². The lowest BCUT2D eigenvalue weighted by atomic mass is 10.3. The summed E-state index contributed by atoms with van der Waals surface area (Å²) in [5.74, 6) is 0.0281. The molecule has 0 atom stereocenters. The molecule has 0 spiro atoms. The predicted octanol–water partition coefficient (Wildman–Crippen LogP) is -0.0392. The molecule has 0 aliphatic carbocycles. The molecule has 0 bridgehead atoms.